The lowest BCUT2D eigenvalue weighted by Crippen LogP contribution is -1.78. The fourth-order valence-electron chi connectivity index (χ4n) is 0.687. The normalized spacial score (nSPS) is 29.5. The van der Waals surface area contributed by atoms with Gasteiger partial charge in [-0.05, 0) is 12.7 Å². The number of hydrogen-bond acceptors (Lipinski definition) is 0. The van der Waals surface area contributed by atoms with Gasteiger partial charge in [0.25, 0.3) is 0 Å². The Balaban J connectivity index is 5.41. The van der Waals surface area contributed by atoms with Gasteiger partial charge in [0.1, 0.15) is 0 Å². The highest BCUT2D eigenvalue weighted by Crippen LogP contribution is 2.07. The summed E-state index contributed by atoms with van der Waals surface area (Å²) >= 11 is 0. The maximum Gasteiger partial charge on any atom is 0.0570 e. The minimum Gasteiger partial charge on any atom is -0.103 e. The number of rotatable bonds is 8. The zero-order valence-electron chi connectivity index (χ0n) is 16.9. The van der Waals surface area contributed by atoms with Gasteiger partial charge in [-0.15, -0.1) is 6.53 Å². The van der Waals surface area contributed by atoms with Crippen molar-refractivity contribution in [2.24, 2.45) is 0 Å². The molecule has 11 heavy (non-hydrogen) atoms. The van der Waals surface area contributed by atoms with Gasteiger partial charge in [0.2, 0.25) is 0 Å². The molecule has 0 aromatic heterocycles. The third-order valence-corrected chi connectivity index (χ3v) is 1.25. The molecule has 0 aliphatic rings. The molecular weight excluding hydrogens is 132 g/mol. The van der Waals surface area contributed by atoms with Gasteiger partial charge in [-0.25, -0.2) is 0 Å². The fourth-order valence-corrected chi connectivity index (χ4v) is 0.687. The predicted molar refractivity (Wildman–Crippen MR) is 52.8 cm³/mol. The monoisotopic (exact) mass is 164 g/mol. The second kappa shape index (κ2) is 9.74. The molecule has 0 aliphatic carbocycles. The van der Waals surface area contributed by atoms with Crippen LogP contribution < -0.4 is 0 Å². The Morgan fingerprint density at radius 1 is 1.45 bits per heavy atom. The van der Waals surface area contributed by atoms with E-state index in [4.69, 9.17) is 13.7 Å². The van der Waals surface area contributed by atoms with E-state index in [9.17, 15) is 0 Å². The first kappa shape index (κ1) is 2.61. The van der Waals surface area contributed by atoms with Crippen molar-refractivity contribution in [1.82, 2.24) is 0 Å². The van der Waals surface area contributed by atoms with Crippen molar-refractivity contribution in [2.45, 2.75) is 58.1 Å². The molecule has 0 aromatic rings. The molecule has 0 aromatic carbocycles. The second-order valence-electron chi connectivity index (χ2n) is 2.22. The first-order valence-corrected chi connectivity index (χ1v) is 3.90. The molecule has 1 unspecified atom stereocenters. The molecular formula is C11H22. The van der Waals surface area contributed by atoms with Crippen LogP contribution in [0, 0.1) is 0 Å². The first-order chi connectivity index (χ1) is 9.34. The minimum atomic E-state index is -3.19. The molecule has 1 atom stereocenters. The average Bonchev–Trinajstić information content (AvgIpc) is 2.37. The van der Waals surface area contributed by atoms with Crippen LogP contribution in [0.1, 0.15) is 71.8 Å². The molecule has 0 amide bonds. The summed E-state index contributed by atoms with van der Waals surface area (Å²) in [6.07, 6.45) is -8.41. The molecule has 0 spiro atoms. The predicted octanol–water partition coefficient (Wildman–Crippen LogP) is 4.31. The molecule has 0 heterocycles. The Kier molecular flexibility index (Phi) is 2.32. The molecule has 0 fully saturated rings. The third-order valence-electron chi connectivity index (χ3n) is 1.25. The molecule has 0 nitrogen and oxygen atoms in total. The van der Waals surface area contributed by atoms with Gasteiger partial charge in [0, 0.05) is 9.60 Å². The highest BCUT2D eigenvalue weighted by atomic mass is 13.9. The highest BCUT2D eigenvalue weighted by Gasteiger charge is 1.88. The van der Waals surface area contributed by atoms with Crippen LogP contribution in [0.25, 0.3) is 0 Å². The van der Waals surface area contributed by atoms with E-state index in [2.05, 4.69) is 0 Å². The molecule has 0 bridgehead atoms. The van der Waals surface area contributed by atoms with Gasteiger partial charge < -0.3 is 0 Å². The second-order valence-corrected chi connectivity index (χ2v) is 2.22. The van der Waals surface area contributed by atoms with Crippen LogP contribution in [0.4, 0.5) is 0 Å². The van der Waals surface area contributed by atoms with Crippen LogP contribution in [0.2, 0.25) is 0 Å². The van der Waals surface area contributed by atoms with Crippen molar-refractivity contribution in [1.29, 1.82) is 0 Å². The standard InChI is InChI=1S/C11H22/c1-3-5-7-9-11-10-8-6-4-2/h3H,1,4-11H2,2H3/i1D2,3D,5D2,7D2,9D2,11D. The summed E-state index contributed by atoms with van der Waals surface area (Å²) in [6.45, 7) is 0.736. The van der Waals surface area contributed by atoms with Crippen LogP contribution >= 0.6 is 0 Å². The molecule has 0 saturated heterocycles. The maximum atomic E-state index is 7.80. The SMILES string of the molecule is [2H]C([2H])=C([2H])C([2H])([2H])C([2H])([2H])C([2H])([2H])C([2H])CCCCC. The van der Waals surface area contributed by atoms with Crippen molar-refractivity contribution in [2.75, 3.05) is 0 Å². The van der Waals surface area contributed by atoms with Crippen molar-refractivity contribution in [3.8, 4) is 0 Å². The van der Waals surface area contributed by atoms with Crippen LogP contribution in [0.5, 0.6) is 0 Å². The lowest BCUT2D eigenvalue weighted by Gasteiger charge is -1.98. The van der Waals surface area contributed by atoms with E-state index in [0.717, 1.165) is 12.8 Å². The average molecular weight is 164 g/mol. The van der Waals surface area contributed by atoms with Crippen molar-refractivity contribution in [3.63, 3.8) is 0 Å². The van der Waals surface area contributed by atoms with E-state index in [0.29, 0.717) is 6.42 Å². The summed E-state index contributed by atoms with van der Waals surface area (Å²) in [5.41, 5.74) is 0. The van der Waals surface area contributed by atoms with Crippen LogP contribution in [0.3, 0.4) is 0 Å². The summed E-state index contributed by atoms with van der Waals surface area (Å²) in [5.74, 6) is 0. The van der Waals surface area contributed by atoms with Gasteiger partial charge in [0.05, 0.1) is 4.11 Å². The lowest BCUT2D eigenvalue weighted by atomic mass is 10.1. The van der Waals surface area contributed by atoms with Gasteiger partial charge in [-0.2, -0.15) is 0 Å². The molecule has 0 radical (unpaired) electrons. The van der Waals surface area contributed by atoms with Crippen molar-refractivity contribution in [3.05, 3.63) is 12.6 Å². The summed E-state index contributed by atoms with van der Waals surface area (Å²) in [7, 11) is 0. The van der Waals surface area contributed by atoms with E-state index in [1.54, 1.807) is 0 Å². The molecule has 66 valence electrons. The molecule has 0 N–H and O–H groups in total. The Morgan fingerprint density at radius 2 is 2.36 bits per heavy atom. The van der Waals surface area contributed by atoms with Gasteiger partial charge in [-0.3, -0.25) is 0 Å². The Labute approximate surface area is 85.7 Å². The van der Waals surface area contributed by atoms with Crippen LogP contribution in [0.15, 0.2) is 12.6 Å². The largest absolute Gasteiger partial charge is 0.103 e. The summed E-state index contributed by atoms with van der Waals surface area (Å²) in [6, 6.07) is -1.22. The molecule has 0 saturated carbocycles. The fraction of sp³-hybridized carbons (Fsp3) is 0.818. The van der Waals surface area contributed by atoms with Crippen LogP contribution in [-0.4, -0.2) is 0 Å². The van der Waals surface area contributed by atoms with E-state index in [1.807, 2.05) is 6.92 Å². The Morgan fingerprint density at radius 3 is 3.09 bits per heavy atom. The third kappa shape index (κ3) is 9.74. The van der Waals surface area contributed by atoms with Crippen LogP contribution in [-0.2, 0) is 0 Å². The topological polar surface area (TPSA) is 0 Å². The smallest absolute Gasteiger partial charge is 0.0570 e. The van der Waals surface area contributed by atoms with E-state index >= 15 is 0 Å². The Bertz CT molecular complexity index is 369. The first-order valence-electron chi connectivity index (χ1n) is 8.98. The van der Waals surface area contributed by atoms with E-state index < -0.39 is 38.1 Å². The maximum absolute atomic E-state index is 7.80. The molecule has 0 aliphatic heterocycles. The zero-order chi connectivity index (χ0) is 17.1. The van der Waals surface area contributed by atoms with Gasteiger partial charge in [0.15, 0.2) is 0 Å². The lowest BCUT2D eigenvalue weighted by molar-refractivity contribution is 0.592. The number of allylic oxidation sites excluding steroid dienone is 1. The molecule has 0 rings (SSSR count). The summed E-state index contributed by atoms with van der Waals surface area (Å²) < 4.78 is 75.3. The Hall–Kier alpha value is -0.260. The van der Waals surface area contributed by atoms with Crippen molar-refractivity contribution < 1.29 is 13.7 Å². The van der Waals surface area contributed by atoms with Crippen molar-refractivity contribution >= 4 is 0 Å². The molecule has 0 heteroatoms. The van der Waals surface area contributed by atoms with E-state index in [1.165, 1.54) is 0 Å². The zero-order valence-corrected chi connectivity index (χ0v) is 6.91. The van der Waals surface area contributed by atoms with Gasteiger partial charge >= 0.3 is 0 Å². The quantitative estimate of drug-likeness (QED) is 0.370. The number of unbranched alkanes of at least 4 members (excludes halogenated alkanes) is 2. The highest BCUT2D eigenvalue weighted by molar-refractivity contribution is 4.65. The van der Waals surface area contributed by atoms with E-state index in [-0.39, 0.29) is 6.42 Å². The summed E-state index contributed by atoms with van der Waals surface area (Å²) in [4.78, 5) is 0. The minimum absolute atomic E-state index is 0.0854. The number of hydrogen-bond donors (Lipinski definition) is 0. The summed E-state index contributed by atoms with van der Waals surface area (Å²) in [5, 5.41) is 0. The van der Waals surface area contributed by atoms with Gasteiger partial charge in [-0.1, -0.05) is 51.4 Å².